The predicted octanol–water partition coefficient (Wildman–Crippen LogP) is 3.95. The highest BCUT2D eigenvalue weighted by Crippen LogP contribution is 2.42. The second-order valence-electron chi connectivity index (χ2n) is 6.48. The fourth-order valence-electron chi connectivity index (χ4n) is 3.37. The minimum Gasteiger partial charge on any atom is -0.339 e. The van der Waals surface area contributed by atoms with Crippen LogP contribution in [0.1, 0.15) is 53.3 Å². The van der Waals surface area contributed by atoms with E-state index in [1.807, 2.05) is 40.8 Å². The number of hydrogen-bond acceptors (Lipinski definition) is 2. The van der Waals surface area contributed by atoms with Crippen LogP contribution in [0.15, 0.2) is 24.3 Å². The van der Waals surface area contributed by atoms with E-state index in [4.69, 9.17) is 16.7 Å². The van der Waals surface area contributed by atoms with Crippen molar-refractivity contribution in [1.29, 1.82) is 0 Å². The molecular weight excluding hydrogens is 310 g/mol. The molecule has 23 heavy (non-hydrogen) atoms. The van der Waals surface area contributed by atoms with Crippen LogP contribution in [0.3, 0.4) is 0 Å². The molecule has 2 heterocycles. The minimum absolute atomic E-state index is 0.139. The Bertz CT molecular complexity index is 758. The number of amides is 1. The Morgan fingerprint density at radius 2 is 1.91 bits per heavy atom. The quantitative estimate of drug-likeness (QED) is 0.855. The summed E-state index contributed by atoms with van der Waals surface area (Å²) in [5.74, 6) is 0.569. The lowest BCUT2D eigenvalue weighted by atomic mass is 10.1. The summed E-state index contributed by atoms with van der Waals surface area (Å²) < 4.78 is 1.85. The standard InChI is InChI=1S/C18H20ClN3O/c1-12-16(18(23)21-10-4-5-11-21)17(13-8-9-13)20-22(12)15-7-3-2-6-14(15)19/h2-3,6-7,13H,4-5,8-11H2,1H3. The molecule has 1 amide bonds. The molecule has 4 nitrogen and oxygen atoms in total. The van der Waals surface area contributed by atoms with E-state index in [0.29, 0.717) is 10.9 Å². The highest BCUT2D eigenvalue weighted by atomic mass is 35.5. The SMILES string of the molecule is Cc1c(C(=O)N2CCCC2)c(C2CC2)nn1-c1ccccc1Cl. The lowest BCUT2D eigenvalue weighted by molar-refractivity contribution is 0.0791. The predicted molar refractivity (Wildman–Crippen MR) is 90.4 cm³/mol. The molecule has 0 spiro atoms. The molecule has 0 atom stereocenters. The fraction of sp³-hybridized carbons (Fsp3) is 0.444. The number of carbonyl (C=O) groups excluding carboxylic acids is 1. The van der Waals surface area contributed by atoms with E-state index in [-0.39, 0.29) is 5.91 Å². The third-order valence-corrected chi connectivity index (χ3v) is 5.11. The number of rotatable bonds is 3. The van der Waals surface area contributed by atoms with Gasteiger partial charge in [-0.1, -0.05) is 23.7 Å². The van der Waals surface area contributed by atoms with E-state index in [2.05, 4.69) is 0 Å². The molecular formula is C18H20ClN3O. The summed E-state index contributed by atoms with van der Waals surface area (Å²) in [6, 6.07) is 7.66. The van der Waals surface area contributed by atoms with Crippen molar-refractivity contribution in [3.8, 4) is 5.69 Å². The maximum Gasteiger partial charge on any atom is 0.257 e. The van der Waals surface area contributed by atoms with Crippen LogP contribution in [0.25, 0.3) is 5.69 Å². The molecule has 1 aliphatic carbocycles. The zero-order valence-corrected chi connectivity index (χ0v) is 14.0. The van der Waals surface area contributed by atoms with Crippen molar-refractivity contribution in [2.75, 3.05) is 13.1 Å². The van der Waals surface area contributed by atoms with E-state index in [0.717, 1.165) is 61.4 Å². The molecule has 120 valence electrons. The summed E-state index contributed by atoms with van der Waals surface area (Å²) in [5, 5.41) is 5.43. The molecule has 1 saturated carbocycles. The Kier molecular flexibility index (Phi) is 3.64. The normalized spacial score (nSPS) is 17.7. The van der Waals surface area contributed by atoms with Crippen LogP contribution in [0.2, 0.25) is 5.02 Å². The van der Waals surface area contributed by atoms with Gasteiger partial charge in [0.15, 0.2) is 0 Å². The number of carbonyl (C=O) groups is 1. The molecule has 0 bridgehead atoms. The van der Waals surface area contributed by atoms with Gasteiger partial charge >= 0.3 is 0 Å². The zero-order chi connectivity index (χ0) is 16.0. The Balaban J connectivity index is 1.82. The second kappa shape index (κ2) is 5.68. The number of hydrogen-bond donors (Lipinski definition) is 0. The van der Waals surface area contributed by atoms with Crippen molar-refractivity contribution in [3.05, 3.63) is 46.2 Å². The van der Waals surface area contributed by atoms with Crippen LogP contribution in [-0.2, 0) is 0 Å². The molecule has 1 aromatic carbocycles. The fourth-order valence-corrected chi connectivity index (χ4v) is 3.58. The topological polar surface area (TPSA) is 38.1 Å². The van der Waals surface area contributed by atoms with Gasteiger partial charge in [0.1, 0.15) is 0 Å². The lowest BCUT2D eigenvalue weighted by Gasteiger charge is -2.16. The molecule has 2 aromatic rings. The van der Waals surface area contributed by atoms with Gasteiger partial charge < -0.3 is 4.90 Å². The van der Waals surface area contributed by atoms with Crippen LogP contribution in [-0.4, -0.2) is 33.7 Å². The smallest absolute Gasteiger partial charge is 0.257 e. The van der Waals surface area contributed by atoms with Crippen LogP contribution < -0.4 is 0 Å². The molecule has 0 unspecified atom stereocenters. The van der Waals surface area contributed by atoms with E-state index < -0.39 is 0 Å². The number of para-hydroxylation sites is 1. The third kappa shape index (κ3) is 2.55. The zero-order valence-electron chi connectivity index (χ0n) is 13.3. The lowest BCUT2D eigenvalue weighted by Crippen LogP contribution is -2.28. The third-order valence-electron chi connectivity index (χ3n) is 4.80. The number of nitrogens with zero attached hydrogens (tertiary/aromatic N) is 3. The molecule has 5 heteroatoms. The molecule has 0 N–H and O–H groups in total. The van der Waals surface area contributed by atoms with Gasteiger partial charge in [0, 0.05) is 19.0 Å². The molecule has 2 aliphatic rings. The van der Waals surface area contributed by atoms with Gasteiger partial charge in [-0.15, -0.1) is 0 Å². The minimum atomic E-state index is 0.139. The number of aromatic nitrogens is 2. The summed E-state index contributed by atoms with van der Waals surface area (Å²) in [5.41, 5.74) is 3.50. The first kappa shape index (κ1) is 14.8. The van der Waals surface area contributed by atoms with Crippen LogP contribution in [0, 0.1) is 6.92 Å². The molecule has 2 fully saturated rings. The van der Waals surface area contributed by atoms with E-state index in [1.165, 1.54) is 0 Å². The summed E-state index contributed by atoms with van der Waals surface area (Å²) in [6.07, 6.45) is 4.45. The van der Waals surface area contributed by atoms with E-state index >= 15 is 0 Å². The molecule has 4 rings (SSSR count). The maximum atomic E-state index is 13.0. The Morgan fingerprint density at radius 1 is 1.22 bits per heavy atom. The van der Waals surface area contributed by atoms with Gasteiger partial charge in [-0.2, -0.15) is 5.10 Å². The molecule has 1 saturated heterocycles. The van der Waals surface area contributed by atoms with Crippen molar-refractivity contribution >= 4 is 17.5 Å². The highest BCUT2D eigenvalue weighted by Gasteiger charge is 2.35. The van der Waals surface area contributed by atoms with Gasteiger partial charge in [0.05, 0.1) is 27.7 Å². The molecule has 0 radical (unpaired) electrons. The Morgan fingerprint density at radius 3 is 2.57 bits per heavy atom. The van der Waals surface area contributed by atoms with Gasteiger partial charge in [-0.05, 0) is 44.7 Å². The van der Waals surface area contributed by atoms with Gasteiger partial charge in [-0.25, -0.2) is 4.68 Å². The van der Waals surface area contributed by atoms with Crippen molar-refractivity contribution in [1.82, 2.24) is 14.7 Å². The summed E-state index contributed by atoms with van der Waals surface area (Å²) in [6.45, 7) is 3.70. The van der Waals surface area contributed by atoms with Crippen molar-refractivity contribution in [2.45, 2.75) is 38.5 Å². The summed E-state index contributed by atoms with van der Waals surface area (Å²) in [4.78, 5) is 15.0. The van der Waals surface area contributed by atoms with E-state index in [1.54, 1.807) is 0 Å². The van der Waals surface area contributed by atoms with Gasteiger partial charge in [-0.3, -0.25) is 4.79 Å². The van der Waals surface area contributed by atoms with Gasteiger partial charge in [0.25, 0.3) is 5.91 Å². The average molecular weight is 330 g/mol. The number of benzene rings is 1. The van der Waals surface area contributed by atoms with Gasteiger partial charge in [0.2, 0.25) is 0 Å². The summed E-state index contributed by atoms with van der Waals surface area (Å²) >= 11 is 6.34. The average Bonchev–Trinajstić information content (AvgIpc) is 3.13. The summed E-state index contributed by atoms with van der Waals surface area (Å²) in [7, 11) is 0. The first-order chi connectivity index (χ1) is 11.2. The van der Waals surface area contributed by atoms with Crippen molar-refractivity contribution < 1.29 is 4.79 Å². The van der Waals surface area contributed by atoms with Crippen molar-refractivity contribution in [2.24, 2.45) is 0 Å². The monoisotopic (exact) mass is 329 g/mol. The van der Waals surface area contributed by atoms with E-state index in [9.17, 15) is 4.79 Å². The number of halogens is 1. The largest absolute Gasteiger partial charge is 0.339 e. The first-order valence-electron chi connectivity index (χ1n) is 8.30. The van der Waals surface area contributed by atoms with Crippen molar-refractivity contribution in [3.63, 3.8) is 0 Å². The van der Waals surface area contributed by atoms with Crippen LogP contribution >= 0.6 is 11.6 Å². The first-order valence-corrected chi connectivity index (χ1v) is 8.68. The number of likely N-dealkylation sites (tertiary alicyclic amines) is 1. The molecule has 1 aromatic heterocycles. The highest BCUT2D eigenvalue weighted by molar-refractivity contribution is 6.32. The Hall–Kier alpha value is -1.81. The van der Waals surface area contributed by atoms with Crippen LogP contribution in [0.5, 0.6) is 0 Å². The Labute approximate surface area is 141 Å². The second-order valence-corrected chi connectivity index (χ2v) is 6.89. The van der Waals surface area contributed by atoms with Crippen LogP contribution in [0.4, 0.5) is 0 Å². The molecule has 1 aliphatic heterocycles. The maximum absolute atomic E-state index is 13.0.